The van der Waals surface area contributed by atoms with Crippen LogP contribution in [0.3, 0.4) is 0 Å². The van der Waals surface area contributed by atoms with Crippen molar-refractivity contribution in [2.75, 3.05) is 13.1 Å². The first kappa shape index (κ1) is 16.5. The molecule has 132 valence electrons. The molecule has 0 bridgehead atoms. The maximum Gasteiger partial charge on any atom is 0.230 e. The summed E-state index contributed by atoms with van der Waals surface area (Å²) in [6.07, 6.45) is 4.24. The molecule has 0 unspecified atom stereocenters. The second kappa shape index (κ2) is 6.72. The molecule has 0 amide bonds. The van der Waals surface area contributed by atoms with Gasteiger partial charge >= 0.3 is 0 Å². The predicted molar refractivity (Wildman–Crippen MR) is 95.6 cm³/mol. The third kappa shape index (κ3) is 3.02. The fourth-order valence-electron chi connectivity index (χ4n) is 3.47. The third-order valence-electron chi connectivity index (χ3n) is 4.75. The molecular formula is C18H21FN4OS. The minimum atomic E-state index is -0.249. The number of nitrogens with zero attached hydrogens (tertiary/aromatic N) is 4. The van der Waals surface area contributed by atoms with Crippen molar-refractivity contribution in [2.24, 2.45) is 0 Å². The normalized spacial score (nSPS) is 17.2. The Balaban J connectivity index is 1.80. The molecule has 3 aromatic rings. The standard InChI is InChI=1S/C18H21FN4OS/c1-2-14-20-18-23(21-14)17(24)16(25-18)15(22-10-4-3-5-11-22)12-6-8-13(19)9-7-12/h6-9,15,24H,2-5,10-11H2,1H3/t15-/m1/s1. The molecule has 0 aliphatic carbocycles. The fourth-order valence-corrected chi connectivity index (χ4v) is 4.60. The highest BCUT2D eigenvalue weighted by molar-refractivity contribution is 7.17. The molecule has 1 aliphatic rings. The summed E-state index contributed by atoms with van der Waals surface area (Å²) >= 11 is 1.46. The highest BCUT2D eigenvalue weighted by Gasteiger charge is 2.30. The SMILES string of the molecule is CCc1nc2sc([C@@H](c3ccc(F)cc3)N3CCCCC3)c(O)n2n1. The van der Waals surface area contributed by atoms with Crippen LogP contribution in [0.1, 0.15) is 48.5 Å². The Labute approximate surface area is 149 Å². The molecule has 1 N–H and O–H groups in total. The maximum absolute atomic E-state index is 13.4. The number of aromatic hydroxyl groups is 1. The van der Waals surface area contributed by atoms with Crippen molar-refractivity contribution < 1.29 is 9.50 Å². The van der Waals surface area contributed by atoms with Crippen LogP contribution >= 0.6 is 11.3 Å². The van der Waals surface area contributed by atoms with Crippen molar-refractivity contribution in [1.29, 1.82) is 0 Å². The second-order valence-electron chi connectivity index (χ2n) is 6.42. The van der Waals surface area contributed by atoms with Crippen LogP contribution in [0.2, 0.25) is 0 Å². The zero-order valence-electron chi connectivity index (χ0n) is 14.2. The van der Waals surface area contributed by atoms with Crippen molar-refractivity contribution in [3.63, 3.8) is 0 Å². The van der Waals surface area contributed by atoms with Crippen molar-refractivity contribution in [3.05, 3.63) is 46.3 Å². The summed E-state index contributed by atoms with van der Waals surface area (Å²) in [7, 11) is 0. The van der Waals surface area contributed by atoms with Crippen LogP contribution in [0.4, 0.5) is 4.39 Å². The van der Waals surface area contributed by atoms with E-state index in [4.69, 9.17) is 0 Å². The Hall–Kier alpha value is -1.99. The van der Waals surface area contributed by atoms with Crippen LogP contribution < -0.4 is 0 Å². The van der Waals surface area contributed by atoms with E-state index >= 15 is 0 Å². The largest absolute Gasteiger partial charge is 0.492 e. The topological polar surface area (TPSA) is 53.7 Å². The summed E-state index contributed by atoms with van der Waals surface area (Å²) in [6.45, 7) is 3.93. The van der Waals surface area contributed by atoms with E-state index in [1.807, 2.05) is 6.92 Å². The first-order valence-electron chi connectivity index (χ1n) is 8.74. The molecule has 25 heavy (non-hydrogen) atoms. The van der Waals surface area contributed by atoms with Gasteiger partial charge < -0.3 is 5.11 Å². The van der Waals surface area contributed by atoms with E-state index in [1.165, 1.54) is 34.4 Å². The Kier molecular flexibility index (Phi) is 4.43. The van der Waals surface area contributed by atoms with Gasteiger partial charge in [0, 0.05) is 6.42 Å². The molecule has 0 radical (unpaired) electrons. The number of piperidine rings is 1. The first-order valence-corrected chi connectivity index (χ1v) is 9.56. The Morgan fingerprint density at radius 1 is 1.20 bits per heavy atom. The zero-order chi connectivity index (χ0) is 17.4. The van der Waals surface area contributed by atoms with Gasteiger partial charge in [0.25, 0.3) is 0 Å². The van der Waals surface area contributed by atoms with E-state index in [2.05, 4.69) is 15.0 Å². The molecule has 1 aliphatic heterocycles. The number of rotatable bonds is 4. The summed E-state index contributed by atoms with van der Waals surface area (Å²) in [6, 6.07) is 6.48. The molecule has 7 heteroatoms. The highest BCUT2D eigenvalue weighted by atomic mass is 32.1. The van der Waals surface area contributed by atoms with Crippen LogP contribution in [-0.4, -0.2) is 37.7 Å². The molecule has 0 spiro atoms. The summed E-state index contributed by atoms with van der Waals surface area (Å²) in [5, 5.41) is 15.2. The van der Waals surface area contributed by atoms with Gasteiger partial charge in [-0.05, 0) is 43.6 Å². The van der Waals surface area contributed by atoms with Crippen LogP contribution in [0.25, 0.3) is 4.96 Å². The minimum absolute atomic E-state index is 0.0977. The van der Waals surface area contributed by atoms with Crippen molar-refractivity contribution in [2.45, 2.75) is 38.6 Å². The number of hydrogen-bond donors (Lipinski definition) is 1. The van der Waals surface area contributed by atoms with Gasteiger partial charge in [-0.2, -0.15) is 4.52 Å². The van der Waals surface area contributed by atoms with Crippen molar-refractivity contribution in [1.82, 2.24) is 19.5 Å². The van der Waals surface area contributed by atoms with Gasteiger partial charge in [0.1, 0.15) is 5.82 Å². The van der Waals surface area contributed by atoms with E-state index in [1.54, 1.807) is 12.1 Å². The molecule has 1 aromatic carbocycles. The number of aryl methyl sites for hydroxylation is 1. The fraction of sp³-hybridized carbons (Fsp3) is 0.444. The van der Waals surface area contributed by atoms with Gasteiger partial charge in [-0.25, -0.2) is 9.37 Å². The summed E-state index contributed by atoms with van der Waals surface area (Å²) in [4.78, 5) is 8.37. The lowest BCUT2D eigenvalue weighted by atomic mass is 10.0. The number of fused-ring (bicyclic) bond motifs is 1. The molecule has 1 saturated heterocycles. The highest BCUT2D eigenvalue weighted by Crippen LogP contribution is 2.40. The van der Waals surface area contributed by atoms with Gasteiger partial charge in [-0.3, -0.25) is 4.90 Å². The van der Waals surface area contributed by atoms with Gasteiger partial charge in [0.15, 0.2) is 5.82 Å². The van der Waals surface area contributed by atoms with Gasteiger partial charge in [-0.1, -0.05) is 36.8 Å². The van der Waals surface area contributed by atoms with Crippen molar-refractivity contribution in [3.8, 4) is 5.88 Å². The minimum Gasteiger partial charge on any atom is -0.492 e. The van der Waals surface area contributed by atoms with Crippen LogP contribution in [0, 0.1) is 5.82 Å². The number of likely N-dealkylation sites (tertiary alicyclic amines) is 1. The molecule has 4 rings (SSSR count). The monoisotopic (exact) mass is 360 g/mol. The van der Waals surface area contributed by atoms with Crippen LogP contribution in [0.5, 0.6) is 5.88 Å². The molecule has 3 heterocycles. The van der Waals surface area contributed by atoms with Crippen LogP contribution in [-0.2, 0) is 6.42 Å². The van der Waals surface area contributed by atoms with Gasteiger partial charge in [0.2, 0.25) is 10.8 Å². The maximum atomic E-state index is 13.4. The quantitative estimate of drug-likeness (QED) is 0.769. The third-order valence-corrected chi connectivity index (χ3v) is 5.82. The molecular weight excluding hydrogens is 339 g/mol. The van der Waals surface area contributed by atoms with E-state index in [-0.39, 0.29) is 17.7 Å². The van der Waals surface area contributed by atoms with E-state index < -0.39 is 0 Å². The van der Waals surface area contributed by atoms with Gasteiger partial charge in [0.05, 0.1) is 10.9 Å². The molecule has 1 atom stereocenters. The predicted octanol–water partition coefficient (Wildman–Crippen LogP) is 3.77. The number of hydrogen-bond acceptors (Lipinski definition) is 5. The van der Waals surface area contributed by atoms with E-state index in [0.717, 1.165) is 48.6 Å². The van der Waals surface area contributed by atoms with E-state index in [0.29, 0.717) is 4.96 Å². The summed E-state index contributed by atoms with van der Waals surface area (Å²) < 4.78 is 14.9. The van der Waals surface area contributed by atoms with Gasteiger partial charge in [-0.15, -0.1) is 5.10 Å². The lowest BCUT2D eigenvalue weighted by Crippen LogP contribution is -2.34. The molecule has 1 fully saturated rings. The number of halogens is 1. The summed E-state index contributed by atoms with van der Waals surface area (Å²) in [5.41, 5.74) is 0.985. The number of aromatic nitrogens is 3. The lowest BCUT2D eigenvalue weighted by molar-refractivity contribution is 0.186. The average molecular weight is 360 g/mol. The molecule has 5 nitrogen and oxygen atoms in total. The van der Waals surface area contributed by atoms with E-state index in [9.17, 15) is 9.50 Å². The van der Waals surface area contributed by atoms with Crippen LogP contribution in [0.15, 0.2) is 24.3 Å². The smallest absolute Gasteiger partial charge is 0.230 e. The number of benzene rings is 1. The molecule has 2 aromatic heterocycles. The Bertz CT molecular complexity index is 867. The zero-order valence-corrected chi connectivity index (χ0v) is 15.0. The second-order valence-corrected chi connectivity index (χ2v) is 7.43. The first-order chi connectivity index (χ1) is 12.2. The molecule has 0 saturated carbocycles. The average Bonchev–Trinajstić information content (AvgIpc) is 3.18. The lowest BCUT2D eigenvalue weighted by Gasteiger charge is -2.34. The summed E-state index contributed by atoms with van der Waals surface area (Å²) in [5.74, 6) is 0.622. The Morgan fingerprint density at radius 3 is 2.56 bits per heavy atom. The Morgan fingerprint density at radius 2 is 1.92 bits per heavy atom. The van der Waals surface area contributed by atoms with Crippen molar-refractivity contribution >= 4 is 16.3 Å². The number of thiazole rings is 1.